The molecule has 11 nitrogen and oxygen atoms in total. The first kappa shape index (κ1) is 23.7. The Bertz CT molecular complexity index is 1440. The molecule has 0 saturated carbocycles. The average Bonchev–Trinajstić information content (AvgIpc) is 3.16. The summed E-state index contributed by atoms with van der Waals surface area (Å²) in [4.78, 5) is 18.8. The fraction of sp³-hybridized carbons (Fsp3) is 0.250. The third-order valence-corrected chi connectivity index (χ3v) is 6.36. The molecule has 0 unspecified atom stereocenters. The molecule has 0 spiro atoms. The predicted molar refractivity (Wildman–Crippen MR) is 127 cm³/mol. The molecule has 0 radical (unpaired) electrons. The fourth-order valence-corrected chi connectivity index (χ4v) is 4.42. The maximum atomic E-state index is 14.0. The van der Waals surface area contributed by atoms with Crippen LogP contribution in [0.25, 0.3) is 22.6 Å². The number of aromatic amines is 1. The van der Waals surface area contributed by atoms with Gasteiger partial charge in [0.05, 0.1) is 23.5 Å². The molecule has 178 valence electrons. The molecule has 4 aromatic rings. The Balaban J connectivity index is 1.61. The zero-order valence-electron chi connectivity index (χ0n) is 18.5. The summed E-state index contributed by atoms with van der Waals surface area (Å²) in [5.41, 5.74) is 1.58. The second-order valence-corrected chi connectivity index (χ2v) is 9.71. The molecular weight excluding hydrogens is 485 g/mol. The van der Waals surface area contributed by atoms with E-state index in [-0.39, 0.29) is 16.7 Å². The van der Waals surface area contributed by atoms with Crippen molar-refractivity contribution in [2.75, 3.05) is 37.2 Å². The highest BCUT2D eigenvalue weighted by molar-refractivity contribution is 7.92. The van der Waals surface area contributed by atoms with Gasteiger partial charge < -0.3 is 10.2 Å². The van der Waals surface area contributed by atoms with Gasteiger partial charge >= 0.3 is 0 Å². The minimum Gasteiger partial charge on any atom is -0.368 e. The highest BCUT2D eigenvalue weighted by Gasteiger charge is 2.21. The summed E-state index contributed by atoms with van der Waals surface area (Å²) >= 11 is 5.80. The number of sulfonamides is 1. The molecule has 0 atom stereocenters. The van der Waals surface area contributed by atoms with Gasteiger partial charge in [-0.05, 0) is 39.2 Å². The number of rotatable bonds is 8. The van der Waals surface area contributed by atoms with Gasteiger partial charge in [-0.3, -0.25) is 9.82 Å². The van der Waals surface area contributed by atoms with Crippen LogP contribution in [0.3, 0.4) is 0 Å². The van der Waals surface area contributed by atoms with E-state index in [2.05, 4.69) is 40.2 Å². The minimum atomic E-state index is -4.26. The number of benzene rings is 1. The summed E-state index contributed by atoms with van der Waals surface area (Å²) in [6.45, 7) is 3.29. The molecule has 14 heteroatoms. The zero-order chi connectivity index (χ0) is 24.5. The third kappa shape index (κ3) is 5.05. The van der Waals surface area contributed by atoms with Crippen LogP contribution in [0, 0.1) is 12.7 Å². The lowest BCUT2D eigenvalue weighted by Crippen LogP contribution is -2.21. The first-order valence-corrected chi connectivity index (χ1v) is 11.9. The quantitative estimate of drug-likeness (QED) is 0.329. The monoisotopic (exact) mass is 505 g/mol. The number of likely N-dealkylation sites (N-methyl/N-ethyl adjacent to an activating group) is 1. The second kappa shape index (κ2) is 9.44. The van der Waals surface area contributed by atoms with Crippen LogP contribution in [0.4, 0.5) is 16.0 Å². The van der Waals surface area contributed by atoms with Crippen molar-refractivity contribution in [3.63, 3.8) is 0 Å². The molecule has 0 aliphatic heterocycles. The Morgan fingerprint density at radius 1 is 1.18 bits per heavy atom. The fourth-order valence-electron chi connectivity index (χ4n) is 3.09. The van der Waals surface area contributed by atoms with Crippen molar-refractivity contribution < 1.29 is 12.8 Å². The third-order valence-electron chi connectivity index (χ3n) is 4.75. The van der Waals surface area contributed by atoms with Crippen molar-refractivity contribution in [3.05, 3.63) is 47.1 Å². The number of fused-ring (bicyclic) bond motifs is 1. The first-order chi connectivity index (χ1) is 16.1. The smallest absolute Gasteiger partial charge is 0.266 e. The summed E-state index contributed by atoms with van der Waals surface area (Å²) in [6.07, 6.45) is 2.51. The van der Waals surface area contributed by atoms with Crippen LogP contribution in [0.15, 0.2) is 35.5 Å². The normalized spacial score (nSPS) is 11.8. The number of aromatic nitrogens is 6. The predicted octanol–water partition coefficient (Wildman–Crippen LogP) is 2.69. The van der Waals surface area contributed by atoms with Crippen molar-refractivity contribution >= 4 is 44.3 Å². The van der Waals surface area contributed by atoms with Crippen molar-refractivity contribution in [2.24, 2.45) is 0 Å². The van der Waals surface area contributed by atoms with Crippen LogP contribution >= 0.6 is 11.6 Å². The molecule has 3 aromatic heterocycles. The van der Waals surface area contributed by atoms with Crippen molar-refractivity contribution in [1.82, 2.24) is 35.0 Å². The molecule has 1 aromatic carbocycles. The van der Waals surface area contributed by atoms with Gasteiger partial charge in [-0.2, -0.15) is 5.10 Å². The molecule has 0 fully saturated rings. The molecule has 3 N–H and O–H groups in total. The van der Waals surface area contributed by atoms with E-state index >= 15 is 0 Å². The van der Waals surface area contributed by atoms with Crippen LogP contribution in [0.1, 0.15) is 5.69 Å². The number of hydrogen-bond donors (Lipinski definition) is 3. The first-order valence-electron chi connectivity index (χ1n) is 10.1. The van der Waals surface area contributed by atoms with Crippen LogP contribution < -0.4 is 10.0 Å². The maximum Gasteiger partial charge on any atom is 0.266 e. The highest BCUT2D eigenvalue weighted by atomic mass is 35.5. The van der Waals surface area contributed by atoms with Gasteiger partial charge in [-0.1, -0.05) is 11.6 Å². The number of nitrogens with one attached hydrogen (secondary N) is 3. The minimum absolute atomic E-state index is 0.0831. The van der Waals surface area contributed by atoms with Crippen molar-refractivity contribution in [1.29, 1.82) is 0 Å². The number of halogens is 2. The Labute approximate surface area is 199 Å². The van der Waals surface area contributed by atoms with E-state index in [9.17, 15) is 12.8 Å². The van der Waals surface area contributed by atoms with E-state index in [1.54, 1.807) is 0 Å². The number of hydrogen-bond acceptors (Lipinski definition) is 9. The molecule has 0 saturated heterocycles. The Kier molecular flexibility index (Phi) is 6.59. The summed E-state index contributed by atoms with van der Waals surface area (Å²) in [7, 11) is -0.324. The summed E-state index contributed by atoms with van der Waals surface area (Å²) in [5.74, 6) is -0.180. The summed E-state index contributed by atoms with van der Waals surface area (Å²) in [5, 5.41) is 11.2. The van der Waals surface area contributed by atoms with E-state index in [0.717, 1.165) is 29.8 Å². The zero-order valence-corrected chi connectivity index (χ0v) is 20.0. The van der Waals surface area contributed by atoms with E-state index in [0.29, 0.717) is 23.7 Å². The van der Waals surface area contributed by atoms with E-state index in [1.807, 2.05) is 25.9 Å². The lowest BCUT2D eigenvalue weighted by atomic mass is 10.3. The van der Waals surface area contributed by atoms with Crippen LogP contribution in [-0.2, 0) is 10.0 Å². The molecule has 34 heavy (non-hydrogen) atoms. The lowest BCUT2D eigenvalue weighted by Gasteiger charge is -2.12. The van der Waals surface area contributed by atoms with Gasteiger partial charge in [-0.15, -0.1) is 0 Å². The molecular formula is C20H21ClFN9O2S. The summed E-state index contributed by atoms with van der Waals surface area (Å²) in [6, 6.07) is 3.24. The van der Waals surface area contributed by atoms with Gasteiger partial charge in [0.2, 0.25) is 0 Å². The summed E-state index contributed by atoms with van der Waals surface area (Å²) < 4.78 is 41.3. The largest absolute Gasteiger partial charge is 0.368 e. The van der Waals surface area contributed by atoms with Gasteiger partial charge in [0.15, 0.2) is 17.3 Å². The van der Waals surface area contributed by atoms with Gasteiger partial charge in [0.25, 0.3) is 10.0 Å². The number of H-pyrrole nitrogens is 1. The average molecular weight is 506 g/mol. The van der Waals surface area contributed by atoms with Crippen LogP contribution in [0.5, 0.6) is 0 Å². The second-order valence-electron chi connectivity index (χ2n) is 7.63. The molecule has 0 amide bonds. The standard InChI is InChI=1S/C20H21ClFN9O2S/c1-11-17-19(23-6-7-31(2)3)26-18(27-20(17)29-28-11)14-9-25-16(10-24-14)30-34(32,33)15-8-12(21)4-5-13(15)22/h4-5,8-10H,6-7H2,1-3H3,(H,25,30)(H2,23,26,27,28,29). The number of nitrogens with zero attached hydrogens (tertiary/aromatic N) is 6. The van der Waals surface area contributed by atoms with Gasteiger partial charge in [-0.25, -0.2) is 32.7 Å². The Morgan fingerprint density at radius 2 is 1.97 bits per heavy atom. The van der Waals surface area contributed by atoms with E-state index in [4.69, 9.17) is 11.6 Å². The topological polar surface area (TPSA) is 142 Å². The number of aryl methyl sites for hydroxylation is 1. The van der Waals surface area contributed by atoms with Crippen LogP contribution in [-0.4, -0.2) is 70.6 Å². The Hall–Kier alpha value is -3.42. The number of anilines is 2. The molecule has 0 aliphatic carbocycles. The van der Waals surface area contributed by atoms with E-state index < -0.39 is 20.7 Å². The lowest BCUT2D eigenvalue weighted by molar-refractivity contribution is 0.425. The molecule has 0 bridgehead atoms. The van der Waals surface area contributed by atoms with Crippen molar-refractivity contribution in [3.8, 4) is 11.5 Å². The van der Waals surface area contributed by atoms with Crippen molar-refractivity contribution in [2.45, 2.75) is 11.8 Å². The van der Waals surface area contributed by atoms with Crippen LogP contribution in [0.2, 0.25) is 5.02 Å². The van der Waals surface area contributed by atoms with Gasteiger partial charge in [0, 0.05) is 18.1 Å². The molecule has 0 aliphatic rings. The maximum absolute atomic E-state index is 14.0. The molecule has 3 heterocycles. The van der Waals surface area contributed by atoms with Gasteiger partial charge in [0.1, 0.15) is 22.2 Å². The van der Waals surface area contributed by atoms with E-state index in [1.165, 1.54) is 18.5 Å². The highest BCUT2D eigenvalue weighted by Crippen LogP contribution is 2.26. The SMILES string of the molecule is Cc1n[nH]c2nc(-c3cnc(NS(=O)(=O)c4cc(Cl)ccc4F)cn3)nc(NCCN(C)C)c12. The Morgan fingerprint density at radius 3 is 2.68 bits per heavy atom. The molecule has 4 rings (SSSR count).